The molecule has 1 aliphatic heterocycles. The Morgan fingerprint density at radius 3 is 2.67 bits per heavy atom. The minimum absolute atomic E-state index is 0.0871. The largest absolute Gasteiger partial charge is 0.395 e. The summed E-state index contributed by atoms with van der Waals surface area (Å²) >= 11 is 0. The molecular weight excluding hydrogens is 270 g/mol. The SMILES string of the molecule is N#C[C@@H](CO)Cc1ccc(N2CCCCC2)c([N+](=O)[O-])c1. The predicted octanol–water partition coefficient (Wildman–Crippen LogP) is 2.26. The van der Waals surface area contributed by atoms with Crippen LogP contribution >= 0.6 is 0 Å². The molecule has 6 nitrogen and oxygen atoms in total. The molecule has 1 aromatic carbocycles. The number of aliphatic hydroxyl groups excluding tert-OH is 1. The summed E-state index contributed by atoms with van der Waals surface area (Å²) in [6.07, 6.45) is 3.61. The first-order valence-electron chi connectivity index (χ1n) is 7.18. The number of nitro groups is 1. The van der Waals surface area contributed by atoms with E-state index in [0.29, 0.717) is 17.7 Å². The van der Waals surface area contributed by atoms with Crippen molar-refractivity contribution in [1.29, 1.82) is 5.26 Å². The van der Waals surface area contributed by atoms with Gasteiger partial charge in [0.2, 0.25) is 0 Å². The van der Waals surface area contributed by atoms with E-state index in [0.717, 1.165) is 25.9 Å². The molecule has 0 radical (unpaired) electrons. The Morgan fingerprint density at radius 2 is 2.10 bits per heavy atom. The van der Waals surface area contributed by atoms with E-state index < -0.39 is 5.92 Å². The van der Waals surface area contributed by atoms with Gasteiger partial charge in [-0.1, -0.05) is 6.07 Å². The third-order valence-electron chi connectivity index (χ3n) is 3.82. The maximum atomic E-state index is 11.3. The number of piperidine rings is 1. The summed E-state index contributed by atoms with van der Waals surface area (Å²) in [4.78, 5) is 13.0. The van der Waals surface area contributed by atoms with Crippen LogP contribution in [0.1, 0.15) is 24.8 Å². The van der Waals surface area contributed by atoms with Crippen molar-refractivity contribution in [3.05, 3.63) is 33.9 Å². The number of nitriles is 1. The second-order valence-electron chi connectivity index (χ2n) is 5.34. The van der Waals surface area contributed by atoms with Gasteiger partial charge in [-0.15, -0.1) is 0 Å². The molecule has 112 valence electrons. The van der Waals surface area contributed by atoms with Crippen molar-refractivity contribution in [2.75, 3.05) is 24.6 Å². The molecule has 0 saturated carbocycles. The molecule has 1 atom stereocenters. The van der Waals surface area contributed by atoms with Crippen molar-refractivity contribution >= 4 is 11.4 Å². The average Bonchev–Trinajstić information content (AvgIpc) is 2.53. The van der Waals surface area contributed by atoms with Gasteiger partial charge in [0.1, 0.15) is 5.69 Å². The smallest absolute Gasteiger partial charge is 0.292 e. The number of hydrogen-bond acceptors (Lipinski definition) is 5. The highest BCUT2D eigenvalue weighted by atomic mass is 16.6. The number of rotatable bonds is 5. The van der Waals surface area contributed by atoms with Crippen LogP contribution in [0.4, 0.5) is 11.4 Å². The van der Waals surface area contributed by atoms with E-state index in [-0.39, 0.29) is 17.2 Å². The normalized spacial score (nSPS) is 16.3. The monoisotopic (exact) mass is 289 g/mol. The first-order chi connectivity index (χ1) is 10.2. The standard InChI is InChI=1S/C15H19N3O3/c16-10-13(11-19)8-12-4-5-14(15(9-12)18(20)21)17-6-2-1-3-7-17/h4-5,9,13,19H,1-3,6-8,11H2/t13-/m0/s1. The molecule has 6 heteroatoms. The molecule has 2 rings (SSSR count). The van der Waals surface area contributed by atoms with E-state index in [2.05, 4.69) is 4.90 Å². The van der Waals surface area contributed by atoms with Gasteiger partial charge in [0.05, 0.1) is 23.5 Å². The zero-order valence-corrected chi connectivity index (χ0v) is 11.9. The van der Waals surface area contributed by atoms with Gasteiger partial charge in [-0.25, -0.2) is 0 Å². The van der Waals surface area contributed by atoms with Crippen molar-refractivity contribution in [3.8, 4) is 6.07 Å². The van der Waals surface area contributed by atoms with Gasteiger partial charge >= 0.3 is 0 Å². The number of aliphatic hydroxyl groups is 1. The van der Waals surface area contributed by atoms with Gasteiger partial charge in [0.25, 0.3) is 5.69 Å². The molecule has 1 aliphatic rings. The fraction of sp³-hybridized carbons (Fsp3) is 0.533. The first-order valence-corrected chi connectivity index (χ1v) is 7.18. The summed E-state index contributed by atoms with van der Waals surface area (Å²) in [5, 5.41) is 29.2. The van der Waals surface area contributed by atoms with Crippen molar-refractivity contribution in [1.82, 2.24) is 0 Å². The summed E-state index contributed by atoms with van der Waals surface area (Å²) in [7, 11) is 0. The number of hydrogen-bond donors (Lipinski definition) is 1. The highest BCUT2D eigenvalue weighted by molar-refractivity contribution is 5.64. The molecule has 1 N–H and O–H groups in total. The Morgan fingerprint density at radius 1 is 1.38 bits per heavy atom. The maximum absolute atomic E-state index is 11.3. The lowest BCUT2D eigenvalue weighted by atomic mass is 10.00. The number of benzene rings is 1. The van der Waals surface area contributed by atoms with Crippen LogP contribution in [0.3, 0.4) is 0 Å². The second kappa shape index (κ2) is 7.04. The van der Waals surface area contributed by atoms with E-state index in [4.69, 9.17) is 10.4 Å². The Bertz CT molecular complexity index is 548. The maximum Gasteiger partial charge on any atom is 0.292 e. The van der Waals surface area contributed by atoms with Crippen LogP contribution < -0.4 is 4.90 Å². The van der Waals surface area contributed by atoms with Gasteiger partial charge < -0.3 is 10.0 Å². The summed E-state index contributed by atoms with van der Waals surface area (Å²) in [6, 6.07) is 7.11. The van der Waals surface area contributed by atoms with E-state index >= 15 is 0 Å². The Balaban J connectivity index is 2.26. The van der Waals surface area contributed by atoms with E-state index in [1.54, 1.807) is 6.07 Å². The highest BCUT2D eigenvalue weighted by Gasteiger charge is 2.22. The van der Waals surface area contributed by atoms with Crippen molar-refractivity contribution < 1.29 is 10.0 Å². The third kappa shape index (κ3) is 3.70. The van der Waals surface area contributed by atoms with Crippen LogP contribution in [0, 0.1) is 27.4 Å². The zero-order chi connectivity index (χ0) is 15.2. The topological polar surface area (TPSA) is 90.4 Å². The predicted molar refractivity (Wildman–Crippen MR) is 79.1 cm³/mol. The second-order valence-corrected chi connectivity index (χ2v) is 5.34. The van der Waals surface area contributed by atoms with Crippen LogP contribution in [0.25, 0.3) is 0 Å². The van der Waals surface area contributed by atoms with Crippen LogP contribution in [-0.2, 0) is 6.42 Å². The number of anilines is 1. The van der Waals surface area contributed by atoms with Crippen molar-refractivity contribution in [3.63, 3.8) is 0 Å². The van der Waals surface area contributed by atoms with Gasteiger partial charge in [-0.2, -0.15) is 5.26 Å². The Hall–Kier alpha value is -2.13. The minimum Gasteiger partial charge on any atom is -0.395 e. The first kappa shape index (κ1) is 15.3. The van der Waals surface area contributed by atoms with Gasteiger partial charge in [-0.3, -0.25) is 10.1 Å². The number of nitrogens with zero attached hydrogens (tertiary/aromatic N) is 3. The molecule has 1 heterocycles. The summed E-state index contributed by atoms with van der Waals surface area (Å²) in [5.41, 5.74) is 1.45. The molecule has 21 heavy (non-hydrogen) atoms. The van der Waals surface area contributed by atoms with Gasteiger partial charge in [0.15, 0.2) is 0 Å². The van der Waals surface area contributed by atoms with Gasteiger partial charge in [-0.05, 0) is 37.3 Å². The zero-order valence-electron chi connectivity index (χ0n) is 11.9. The molecule has 1 fully saturated rings. The van der Waals surface area contributed by atoms with E-state index in [9.17, 15) is 10.1 Å². The van der Waals surface area contributed by atoms with Crippen LogP contribution in [0.15, 0.2) is 18.2 Å². The van der Waals surface area contributed by atoms with Crippen LogP contribution in [0.5, 0.6) is 0 Å². The third-order valence-corrected chi connectivity index (χ3v) is 3.82. The molecule has 0 bridgehead atoms. The highest BCUT2D eigenvalue weighted by Crippen LogP contribution is 2.31. The molecule has 1 saturated heterocycles. The molecule has 0 unspecified atom stereocenters. The molecule has 0 spiro atoms. The fourth-order valence-electron chi connectivity index (χ4n) is 2.68. The quantitative estimate of drug-likeness (QED) is 0.663. The lowest BCUT2D eigenvalue weighted by Gasteiger charge is -2.28. The molecular formula is C15H19N3O3. The van der Waals surface area contributed by atoms with Crippen LogP contribution in [0.2, 0.25) is 0 Å². The Labute approximate surface area is 123 Å². The van der Waals surface area contributed by atoms with Crippen molar-refractivity contribution in [2.45, 2.75) is 25.7 Å². The van der Waals surface area contributed by atoms with E-state index in [1.165, 1.54) is 12.5 Å². The summed E-state index contributed by atoms with van der Waals surface area (Å²) in [6.45, 7) is 1.45. The van der Waals surface area contributed by atoms with Gasteiger partial charge in [0, 0.05) is 19.2 Å². The summed E-state index contributed by atoms with van der Waals surface area (Å²) in [5.74, 6) is -0.523. The molecule has 1 aromatic rings. The van der Waals surface area contributed by atoms with Crippen LogP contribution in [-0.4, -0.2) is 29.7 Å². The van der Waals surface area contributed by atoms with E-state index in [1.807, 2.05) is 12.1 Å². The molecule has 0 aromatic heterocycles. The lowest BCUT2D eigenvalue weighted by Crippen LogP contribution is -2.30. The fourth-order valence-corrected chi connectivity index (χ4v) is 2.68. The minimum atomic E-state index is -0.523. The Kier molecular flexibility index (Phi) is 5.12. The summed E-state index contributed by atoms with van der Waals surface area (Å²) < 4.78 is 0. The van der Waals surface area contributed by atoms with Crippen molar-refractivity contribution in [2.24, 2.45) is 5.92 Å². The molecule has 0 amide bonds. The number of nitro benzene ring substituents is 1. The lowest BCUT2D eigenvalue weighted by molar-refractivity contribution is -0.384. The molecule has 0 aliphatic carbocycles. The average molecular weight is 289 g/mol.